The lowest BCUT2D eigenvalue weighted by atomic mass is 10.0. The first-order valence-corrected chi connectivity index (χ1v) is 7.70. The first kappa shape index (κ1) is 14.3. The zero-order valence-corrected chi connectivity index (χ0v) is 12.4. The predicted molar refractivity (Wildman–Crippen MR) is 75.9 cm³/mol. The molecule has 18 heavy (non-hydrogen) atoms. The molecule has 0 radical (unpaired) electrons. The van der Waals surface area contributed by atoms with Crippen LogP contribution in [0.5, 0.6) is 0 Å². The van der Waals surface area contributed by atoms with Gasteiger partial charge in [-0.3, -0.25) is 0 Å². The van der Waals surface area contributed by atoms with E-state index in [1.807, 2.05) is 0 Å². The highest BCUT2D eigenvalue weighted by Crippen LogP contribution is 2.20. The van der Waals surface area contributed by atoms with E-state index < -0.39 is 0 Å². The molecule has 0 unspecified atom stereocenters. The largest absolute Gasteiger partial charge is 0.375 e. The minimum absolute atomic E-state index is 0.529. The average Bonchev–Trinajstić information content (AvgIpc) is 2.34. The second-order valence-corrected chi connectivity index (χ2v) is 6.53. The summed E-state index contributed by atoms with van der Waals surface area (Å²) in [4.78, 5) is 5.00. The summed E-state index contributed by atoms with van der Waals surface area (Å²) in [5.74, 6) is 0.788. The zero-order chi connectivity index (χ0) is 13.0. The Morgan fingerprint density at radius 2 is 1.44 bits per heavy atom. The number of hydrogen-bond acceptors (Lipinski definition) is 3. The van der Waals surface area contributed by atoms with Crippen LogP contribution in [0.25, 0.3) is 0 Å². The maximum atomic E-state index is 6.28. The van der Waals surface area contributed by atoms with Gasteiger partial charge in [0.1, 0.15) is 0 Å². The summed E-state index contributed by atoms with van der Waals surface area (Å²) in [5.41, 5.74) is 0. The second kappa shape index (κ2) is 6.88. The molecule has 0 saturated carbocycles. The third-order valence-corrected chi connectivity index (χ3v) is 4.21. The first-order valence-electron chi connectivity index (χ1n) is 7.70. The lowest BCUT2D eigenvalue weighted by Crippen LogP contribution is -2.42. The minimum Gasteiger partial charge on any atom is -0.375 e. The molecule has 0 amide bonds. The minimum atomic E-state index is 0.529. The Hall–Kier alpha value is -0.120. The lowest BCUT2D eigenvalue weighted by molar-refractivity contribution is -0.0635. The van der Waals surface area contributed by atoms with Crippen LogP contribution >= 0.6 is 0 Å². The zero-order valence-electron chi connectivity index (χ0n) is 12.4. The maximum absolute atomic E-state index is 6.28. The standard InChI is InChI=1S/C15H30N2O/c1-13(2)12-17-10-6-15(7-11-17)18-14-4-8-16(3)9-5-14/h13-15H,4-12H2,1-3H3. The van der Waals surface area contributed by atoms with Gasteiger partial charge in [-0.2, -0.15) is 0 Å². The number of likely N-dealkylation sites (tertiary alicyclic amines) is 2. The highest BCUT2D eigenvalue weighted by Gasteiger charge is 2.24. The van der Waals surface area contributed by atoms with Crippen LogP contribution in [0, 0.1) is 5.92 Å². The van der Waals surface area contributed by atoms with Gasteiger partial charge in [0.2, 0.25) is 0 Å². The Morgan fingerprint density at radius 1 is 0.944 bits per heavy atom. The van der Waals surface area contributed by atoms with Gasteiger partial charge in [0.25, 0.3) is 0 Å². The van der Waals surface area contributed by atoms with Crippen LogP contribution in [-0.4, -0.2) is 61.8 Å². The van der Waals surface area contributed by atoms with Gasteiger partial charge in [-0.1, -0.05) is 13.8 Å². The summed E-state index contributed by atoms with van der Waals surface area (Å²) >= 11 is 0. The Labute approximate surface area is 112 Å². The van der Waals surface area contributed by atoms with E-state index in [4.69, 9.17) is 4.74 Å². The average molecular weight is 254 g/mol. The van der Waals surface area contributed by atoms with Crippen molar-refractivity contribution < 1.29 is 4.74 Å². The van der Waals surface area contributed by atoms with Gasteiger partial charge < -0.3 is 14.5 Å². The van der Waals surface area contributed by atoms with E-state index in [2.05, 4.69) is 30.7 Å². The van der Waals surface area contributed by atoms with E-state index in [0.29, 0.717) is 12.2 Å². The fraction of sp³-hybridized carbons (Fsp3) is 1.00. The number of nitrogens with zero attached hydrogens (tertiary/aromatic N) is 2. The quantitative estimate of drug-likeness (QED) is 0.765. The van der Waals surface area contributed by atoms with E-state index >= 15 is 0 Å². The van der Waals surface area contributed by atoms with Crippen molar-refractivity contribution in [3.05, 3.63) is 0 Å². The molecule has 2 saturated heterocycles. The summed E-state index contributed by atoms with van der Waals surface area (Å²) < 4.78 is 6.28. The van der Waals surface area contributed by atoms with Gasteiger partial charge in [0, 0.05) is 32.7 Å². The molecule has 2 rings (SSSR count). The van der Waals surface area contributed by atoms with E-state index in [1.54, 1.807) is 0 Å². The molecule has 3 nitrogen and oxygen atoms in total. The van der Waals surface area contributed by atoms with Crippen LogP contribution in [0.4, 0.5) is 0 Å². The number of ether oxygens (including phenoxy) is 1. The first-order chi connectivity index (χ1) is 8.63. The fourth-order valence-electron chi connectivity index (χ4n) is 3.14. The highest BCUT2D eigenvalue weighted by atomic mass is 16.5. The smallest absolute Gasteiger partial charge is 0.0603 e. The molecule has 3 heteroatoms. The fourth-order valence-corrected chi connectivity index (χ4v) is 3.14. The van der Waals surface area contributed by atoms with Crippen molar-refractivity contribution in [1.29, 1.82) is 0 Å². The van der Waals surface area contributed by atoms with Crippen molar-refractivity contribution >= 4 is 0 Å². The lowest BCUT2D eigenvalue weighted by Gasteiger charge is -2.36. The Bertz CT molecular complexity index is 229. The van der Waals surface area contributed by atoms with Crippen LogP contribution < -0.4 is 0 Å². The summed E-state index contributed by atoms with van der Waals surface area (Å²) in [6.45, 7) is 10.7. The number of rotatable bonds is 4. The van der Waals surface area contributed by atoms with Crippen molar-refractivity contribution in [2.75, 3.05) is 39.8 Å². The second-order valence-electron chi connectivity index (χ2n) is 6.53. The molecule has 2 aliphatic heterocycles. The van der Waals surface area contributed by atoms with Crippen molar-refractivity contribution in [2.24, 2.45) is 5.92 Å². The third-order valence-electron chi connectivity index (χ3n) is 4.21. The molecule has 2 heterocycles. The number of hydrogen-bond donors (Lipinski definition) is 0. The molecule has 0 aliphatic carbocycles. The van der Waals surface area contributed by atoms with Crippen LogP contribution in [-0.2, 0) is 4.74 Å². The van der Waals surface area contributed by atoms with E-state index in [0.717, 1.165) is 5.92 Å². The van der Waals surface area contributed by atoms with Gasteiger partial charge in [-0.05, 0) is 38.6 Å². The van der Waals surface area contributed by atoms with Gasteiger partial charge in [0.05, 0.1) is 12.2 Å². The molecule has 0 atom stereocenters. The topological polar surface area (TPSA) is 15.7 Å². The van der Waals surface area contributed by atoms with Crippen LogP contribution in [0.1, 0.15) is 39.5 Å². The third kappa shape index (κ3) is 4.52. The van der Waals surface area contributed by atoms with Crippen molar-refractivity contribution in [3.8, 4) is 0 Å². The molecule has 2 fully saturated rings. The van der Waals surface area contributed by atoms with Gasteiger partial charge in [-0.15, -0.1) is 0 Å². The van der Waals surface area contributed by atoms with Crippen LogP contribution in [0.15, 0.2) is 0 Å². The van der Waals surface area contributed by atoms with Gasteiger partial charge in [-0.25, -0.2) is 0 Å². The SMILES string of the molecule is CC(C)CN1CCC(OC2CCN(C)CC2)CC1. The predicted octanol–water partition coefficient (Wildman–Crippen LogP) is 2.22. The molecular formula is C15H30N2O. The molecule has 2 aliphatic rings. The number of piperidine rings is 2. The molecule has 106 valence electrons. The molecule has 0 aromatic carbocycles. The van der Waals surface area contributed by atoms with Gasteiger partial charge >= 0.3 is 0 Å². The summed E-state index contributed by atoms with van der Waals surface area (Å²) in [6, 6.07) is 0. The van der Waals surface area contributed by atoms with Gasteiger partial charge in [0.15, 0.2) is 0 Å². The molecule has 0 spiro atoms. The molecular weight excluding hydrogens is 224 g/mol. The summed E-state index contributed by atoms with van der Waals surface area (Å²) in [7, 11) is 2.21. The Balaban J connectivity index is 1.64. The molecule has 0 N–H and O–H groups in total. The Morgan fingerprint density at radius 3 is 1.94 bits per heavy atom. The molecule has 0 aromatic rings. The van der Waals surface area contributed by atoms with E-state index in [1.165, 1.54) is 58.4 Å². The van der Waals surface area contributed by atoms with E-state index in [9.17, 15) is 0 Å². The molecule has 0 aromatic heterocycles. The summed E-state index contributed by atoms with van der Waals surface area (Å²) in [6.07, 6.45) is 5.98. The van der Waals surface area contributed by atoms with Crippen molar-refractivity contribution in [3.63, 3.8) is 0 Å². The van der Waals surface area contributed by atoms with Crippen LogP contribution in [0.2, 0.25) is 0 Å². The monoisotopic (exact) mass is 254 g/mol. The normalized spacial score (nSPS) is 26.0. The summed E-state index contributed by atoms with van der Waals surface area (Å²) in [5, 5.41) is 0. The van der Waals surface area contributed by atoms with Crippen LogP contribution in [0.3, 0.4) is 0 Å². The van der Waals surface area contributed by atoms with Crippen molar-refractivity contribution in [1.82, 2.24) is 9.80 Å². The Kier molecular flexibility index (Phi) is 5.46. The van der Waals surface area contributed by atoms with E-state index in [-0.39, 0.29) is 0 Å². The highest BCUT2D eigenvalue weighted by molar-refractivity contribution is 4.77. The van der Waals surface area contributed by atoms with Crippen molar-refractivity contribution in [2.45, 2.75) is 51.7 Å². The molecule has 0 bridgehead atoms. The maximum Gasteiger partial charge on any atom is 0.0603 e.